The van der Waals surface area contributed by atoms with Crippen LogP contribution in [0.4, 0.5) is 19.0 Å². The molecule has 0 unspecified atom stereocenters. The summed E-state index contributed by atoms with van der Waals surface area (Å²) < 4.78 is 47.5. The van der Waals surface area contributed by atoms with Gasteiger partial charge in [-0.15, -0.1) is 0 Å². The van der Waals surface area contributed by atoms with Crippen LogP contribution >= 0.6 is 0 Å². The fourth-order valence-electron chi connectivity index (χ4n) is 4.19. The summed E-state index contributed by atoms with van der Waals surface area (Å²) in [6.07, 6.45) is -2.71. The minimum absolute atomic E-state index is 0.212. The topological polar surface area (TPSA) is 84.2 Å². The van der Waals surface area contributed by atoms with E-state index in [0.29, 0.717) is 54.7 Å². The van der Waals surface area contributed by atoms with Gasteiger partial charge in [-0.25, -0.2) is 14.5 Å². The van der Waals surface area contributed by atoms with Crippen molar-refractivity contribution in [1.29, 1.82) is 0 Å². The smallest absolute Gasteiger partial charge is 0.378 e. The highest BCUT2D eigenvalue weighted by Gasteiger charge is 2.33. The highest BCUT2D eigenvalue weighted by atomic mass is 19.4. The van der Waals surface area contributed by atoms with Gasteiger partial charge in [-0.05, 0) is 31.0 Å². The average molecular weight is 457 g/mol. The van der Waals surface area contributed by atoms with E-state index in [1.807, 2.05) is 13.0 Å². The molecule has 3 aromatic heterocycles. The van der Waals surface area contributed by atoms with Crippen LogP contribution in [0.15, 0.2) is 30.6 Å². The minimum atomic E-state index is -4.41. The molecule has 11 heteroatoms. The van der Waals surface area contributed by atoms with Crippen molar-refractivity contribution < 1.29 is 17.9 Å². The number of morpholine rings is 1. The molecule has 0 aliphatic carbocycles. The summed E-state index contributed by atoms with van der Waals surface area (Å²) in [4.78, 5) is 11.3. The molecule has 0 amide bonds. The van der Waals surface area contributed by atoms with Gasteiger partial charge in [0.25, 0.3) is 0 Å². The Bertz CT molecular complexity index is 1290. The van der Waals surface area contributed by atoms with Crippen molar-refractivity contribution in [2.45, 2.75) is 26.4 Å². The van der Waals surface area contributed by atoms with Crippen LogP contribution in [-0.4, -0.2) is 56.1 Å². The third kappa shape index (κ3) is 3.92. The molecule has 0 atom stereocenters. The van der Waals surface area contributed by atoms with Crippen LogP contribution in [-0.2, 0) is 17.3 Å². The summed E-state index contributed by atoms with van der Waals surface area (Å²) in [5, 5.41) is 11.5. The molecule has 1 aliphatic rings. The number of benzene rings is 1. The van der Waals surface area contributed by atoms with Gasteiger partial charge in [-0.1, -0.05) is 12.1 Å². The third-order valence-corrected chi connectivity index (χ3v) is 5.98. The number of nitrogens with zero attached hydrogens (tertiary/aromatic N) is 6. The Kier molecular flexibility index (Phi) is 5.28. The highest BCUT2D eigenvalue weighted by molar-refractivity contribution is 5.66. The average Bonchev–Trinajstić information content (AvgIpc) is 3.43. The molecular weight excluding hydrogens is 435 g/mol. The van der Waals surface area contributed by atoms with Crippen LogP contribution in [0.1, 0.15) is 27.9 Å². The molecule has 1 N–H and O–H groups in total. The van der Waals surface area contributed by atoms with Crippen LogP contribution in [0.5, 0.6) is 0 Å². The number of aromatic nitrogens is 6. The van der Waals surface area contributed by atoms with Crippen LogP contribution < -0.4 is 4.90 Å². The standard InChI is InChI=1S/C22H22F3N7O/c1-13-15(4-3-5-17(13)22(23,24)25)10-16-14(2)30-32-18(20-26-12-27-29-20)11-19(28-21(16)32)31-6-8-33-9-7-31/h3-5,11-12H,6-10H2,1-2H3,(H,26,27,29). The number of alkyl halides is 3. The van der Waals surface area contributed by atoms with Gasteiger partial charge in [0.2, 0.25) is 0 Å². The van der Waals surface area contributed by atoms with E-state index in [1.54, 1.807) is 10.6 Å². The molecule has 0 radical (unpaired) electrons. The number of ether oxygens (including phenoxy) is 1. The molecule has 1 saturated heterocycles. The SMILES string of the molecule is Cc1nn2c(-c3ncn[nH]3)cc(N3CCOCC3)nc2c1Cc1cccc(C(F)(F)F)c1C. The number of halogens is 3. The molecule has 1 fully saturated rings. The fraction of sp³-hybridized carbons (Fsp3) is 0.364. The van der Waals surface area contributed by atoms with E-state index >= 15 is 0 Å². The number of H-pyrrole nitrogens is 1. The van der Waals surface area contributed by atoms with Crippen LogP contribution in [0, 0.1) is 13.8 Å². The molecule has 0 spiro atoms. The Labute approximate surface area is 187 Å². The number of aromatic amines is 1. The highest BCUT2D eigenvalue weighted by Crippen LogP contribution is 2.34. The van der Waals surface area contributed by atoms with Crippen molar-refractivity contribution >= 4 is 11.5 Å². The molecule has 8 nitrogen and oxygen atoms in total. The van der Waals surface area contributed by atoms with Crippen molar-refractivity contribution in [3.63, 3.8) is 0 Å². The third-order valence-electron chi connectivity index (χ3n) is 5.98. The van der Waals surface area contributed by atoms with Gasteiger partial charge in [0.15, 0.2) is 11.5 Å². The van der Waals surface area contributed by atoms with E-state index in [0.717, 1.165) is 17.4 Å². The molecule has 0 saturated carbocycles. The summed E-state index contributed by atoms with van der Waals surface area (Å²) in [6.45, 7) is 5.91. The summed E-state index contributed by atoms with van der Waals surface area (Å²) in [6, 6.07) is 6.17. The number of hydrogen-bond donors (Lipinski definition) is 1. The van der Waals surface area contributed by atoms with E-state index in [-0.39, 0.29) is 12.0 Å². The Morgan fingerprint density at radius 1 is 1.15 bits per heavy atom. The number of hydrogen-bond acceptors (Lipinski definition) is 6. The first kappa shape index (κ1) is 21.4. The number of rotatable bonds is 4. The lowest BCUT2D eigenvalue weighted by atomic mass is 9.96. The number of anilines is 1. The van der Waals surface area contributed by atoms with Gasteiger partial charge in [0, 0.05) is 31.1 Å². The lowest BCUT2D eigenvalue weighted by Crippen LogP contribution is -2.36. The number of aryl methyl sites for hydroxylation is 1. The molecule has 1 aromatic carbocycles. The lowest BCUT2D eigenvalue weighted by Gasteiger charge is -2.28. The van der Waals surface area contributed by atoms with Gasteiger partial charge in [0.1, 0.15) is 17.8 Å². The number of nitrogens with one attached hydrogen (secondary N) is 1. The van der Waals surface area contributed by atoms with Crippen molar-refractivity contribution in [3.8, 4) is 11.5 Å². The zero-order valence-electron chi connectivity index (χ0n) is 18.1. The van der Waals surface area contributed by atoms with Crippen molar-refractivity contribution in [3.05, 3.63) is 58.5 Å². The summed E-state index contributed by atoms with van der Waals surface area (Å²) in [7, 11) is 0. The van der Waals surface area contributed by atoms with Gasteiger partial charge in [-0.2, -0.15) is 23.4 Å². The van der Waals surface area contributed by atoms with E-state index in [1.165, 1.54) is 19.3 Å². The molecule has 4 heterocycles. The van der Waals surface area contributed by atoms with Crippen LogP contribution in [0.25, 0.3) is 17.2 Å². The molecule has 1 aliphatic heterocycles. The molecule has 0 bridgehead atoms. The predicted octanol–water partition coefficient (Wildman–Crippen LogP) is 3.58. The first-order valence-electron chi connectivity index (χ1n) is 10.6. The Hall–Kier alpha value is -3.47. The first-order chi connectivity index (χ1) is 15.8. The van der Waals surface area contributed by atoms with Crippen LogP contribution in [0.2, 0.25) is 0 Å². The second-order valence-electron chi connectivity index (χ2n) is 8.00. The van der Waals surface area contributed by atoms with E-state index < -0.39 is 11.7 Å². The molecule has 4 aromatic rings. The normalized spacial score (nSPS) is 14.9. The van der Waals surface area contributed by atoms with E-state index in [2.05, 4.69) is 25.2 Å². The van der Waals surface area contributed by atoms with Crippen molar-refractivity contribution in [2.24, 2.45) is 0 Å². The van der Waals surface area contributed by atoms with Gasteiger partial charge in [0.05, 0.1) is 24.5 Å². The van der Waals surface area contributed by atoms with Crippen molar-refractivity contribution in [1.82, 2.24) is 29.8 Å². The van der Waals surface area contributed by atoms with Gasteiger partial charge < -0.3 is 9.64 Å². The zero-order chi connectivity index (χ0) is 23.2. The van der Waals surface area contributed by atoms with E-state index in [9.17, 15) is 13.2 Å². The monoisotopic (exact) mass is 457 g/mol. The minimum Gasteiger partial charge on any atom is -0.378 e. The predicted molar refractivity (Wildman–Crippen MR) is 115 cm³/mol. The largest absolute Gasteiger partial charge is 0.416 e. The van der Waals surface area contributed by atoms with Gasteiger partial charge in [-0.3, -0.25) is 5.10 Å². The maximum absolute atomic E-state index is 13.4. The lowest BCUT2D eigenvalue weighted by molar-refractivity contribution is -0.138. The molecule has 172 valence electrons. The molecular formula is C22H22F3N7O. The van der Waals surface area contributed by atoms with Crippen molar-refractivity contribution in [2.75, 3.05) is 31.2 Å². The van der Waals surface area contributed by atoms with Gasteiger partial charge >= 0.3 is 6.18 Å². The molecule has 5 rings (SSSR count). The second-order valence-corrected chi connectivity index (χ2v) is 8.00. The maximum Gasteiger partial charge on any atom is 0.416 e. The van der Waals surface area contributed by atoms with E-state index in [4.69, 9.17) is 9.72 Å². The first-order valence-corrected chi connectivity index (χ1v) is 10.6. The Morgan fingerprint density at radius 2 is 1.94 bits per heavy atom. The Morgan fingerprint density at radius 3 is 2.64 bits per heavy atom. The Balaban J connectivity index is 1.66. The quantitative estimate of drug-likeness (QED) is 0.504. The van der Waals surface area contributed by atoms with Crippen LogP contribution in [0.3, 0.4) is 0 Å². The summed E-state index contributed by atoms with van der Waals surface area (Å²) in [5.74, 6) is 1.26. The fourth-order valence-corrected chi connectivity index (χ4v) is 4.19. The molecule has 33 heavy (non-hydrogen) atoms. The number of fused-ring (bicyclic) bond motifs is 1. The summed E-state index contributed by atoms with van der Waals surface area (Å²) in [5.41, 5.74) is 2.89. The maximum atomic E-state index is 13.4. The summed E-state index contributed by atoms with van der Waals surface area (Å²) >= 11 is 0. The second kappa shape index (κ2) is 8.14. The zero-order valence-corrected chi connectivity index (χ0v) is 18.1.